The maximum absolute atomic E-state index is 13.1. The summed E-state index contributed by atoms with van der Waals surface area (Å²) in [6, 6.07) is 7.75. The Hall–Kier alpha value is -2.87. The van der Waals surface area contributed by atoms with E-state index < -0.39 is 5.97 Å². The molecule has 1 atom stereocenters. The Morgan fingerprint density at radius 3 is 2.43 bits per heavy atom. The van der Waals surface area contributed by atoms with Crippen LogP contribution in [0.3, 0.4) is 0 Å². The number of anilines is 1. The number of hydrogen-bond donors (Lipinski definition) is 0. The van der Waals surface area contributed by atoms with Crippen molar-refractivity contribution in [1.29, 1.82) is 0 Å². The number of likely N-dealkylation sites (N-methyl/N-ethyl adjacent to an activating group) is 1. The SMILES string of the molecule is COC(=O)c1cc(CN(C)C(C)C(=O)N2CCN(c3ccc(F)cc3)CC2)oc1C. The van der Waals surface area contributed by atoms with Gasteiger partial charge in [-0.3, -0.25) is 9.69 Å². The molecule has 0 radical (unpaired) electrons. The minimum atomic E-state index is -0.437. The van der Waals surface area contributed by atoms with Gasteiger partial charge in [-0.15, -0.1) is 0 Å². The van der Waals surface area contributed by atoms with Gasteiger partial charge in [0.2, 0.25) is 5.91 Å². The van der Waals surface area contributed by atoms with Crippen LogP contribution in [0.4, 0.5) is 10.1 Å². The summed E-state index contributed by atoms with van der Waals surface area (Å²) in [4.78, 5) is 30.6. The van der Waals surface area contributed by atoms with Crippen LogP contribution in [0.15, 0.2) is 34.7 Å². The second-order valence-electron chi connectivity index (χ2n) is 7.55. The molecule has 0 bridgehead atoms. The molecule has 1 unspecified atom stereocenters. The van der Waals surface area contributed by atoms with E-state index in [0.29, 0.717) is 49.8 Å². The highest BCUT2D eigenvalue weighted by Crippen LogP contribution is 2.20. The Bertz CT molecular complexity index is 888. The fourth-order valence-corrected chi connectivity index (χ4v) is 3.61. The van der Waals surface area contributed by atoms with Gasteiger partial charge in [-0.2, -0.15) is 0 Å². The third kappa shape index (κ3) is 4.81. The molecule has 0 saturated carbocycles. The Kier molecular flexibility index (Phi) is 6.77. The third-order valence-electron chi connectivity index (χ3n) is 5.58. The zero-order valence-electron chi connectivity index (χ0n) is 17.9. The van der Waals surface area contributed by atoms with Gasteiger partial charge in [0.25, 0.3) is 0 Å². The van der Waals surface area contributed by atoms with Crippen molar-refractivity contribution in [2.75, 3.05) is 45.2 Å². The van der Waals surface area contributed by atoms with Crippen LogP contribution < -0.4 is 4.90 Å². The second kappa shape index (κ2) is 9.30. The number of benzene rings is 1. The first kappa shape index (κ1) is 21.8. The predicted octanol–water partition coefficient (Wildman–Crippen LogP) is 2.68. The molecular weight excluding hydrogens is 389 g/mol. The van der Waals surface area contributed by atoms with Crippen molar-refractivity contribution in [3.8, 4) is 0 Å². The molecule has 1 aromatic carbocycles. The van der Waals surface area contributed by atoms with Gasteiger partial charge in [-0.25, -0.2) is 9.18 Å². The van der Waals surface area contributed by atoms with Crippen molar-refractivity contribution in [3.63, 3.8) is 0 Å². The lowest BCUT2D eigenvalue weighted by Gasteiger charge is -2.38. The fraction of sp³-hybridized carbons (Fsp3) is 0.455. The summed E-state index contributed by atoms with van der Waals surface area (Å²) >= 11 is 0. The highest BCUT2D eigenvalue weighted by Gasteiger charge is 2.28. The Morgan fingerprint density at radius 1 is 1.20 bits per heavy atom. The zero-order chi connectivity index (χ0) is 21.8. The minimum Gasteiger partial charge on any atom is -0.465 e. The van der Waals surface area contributed by atoms with Crippen LogP contribution in [-0.2, 0) is 16.1 Å². The number of piperazine rings is 1. The van der Waals surface area contributed by atoms with Crippen LogP contribution in [0.5, 0.6) is 0 Å². The van der Waals surface area contributed by atoms with Crippen LogP contribution in [0, 0.1) is 12.7 Å². The molecule has 8 heteroatoms. The third-order valence-corrected chi connectivity index (χ3v) is 5.58. The molecule has 162 valence electrons. The molecule has 1 aromatic heterocycles. The zero-order valence-corrected chi connectivity index (χ0v) is 17.9. The Labute approximate surface area is 176 Å². The van der Waals surface area contributed by atoms with Crippen molar-refractivity contribution >= 4 is 17.6 Å². The first-order valence-electron chi connectivity index (χ1n) is 9.97. The van der Waals surface area contributed by atoms with Crippen LogP contribution in [0.2, 0.25) is 0 Å². The van der Waals surface area contributed by atoms with Gasteiger partial charge in [0, 0.05) is 31.9 Å². The number of furan rings is 1. The molecule has 2 heterocycles. The van der Waals surface area contributed by atoms with E-state index in [0.717, 1.165) is 5.69 Å². The number of amides is 1. The smallest absolute Gasteiger partial charge is 0.341 e. The van der Waals surface area contributed by atoms with Gasteiger partial charge in [0.1, 0.15) is 22.9 Å². The molecule has 1 aliphatic rings. The second-order valence-corrected chi connectivity index (χ2v) is 7.55. The van der Waals surface area contributed by atoms with Gasteiger partial charge >= 0.3 is 5.97 Å². The largest absolute Gasteiger partial charge is 0.465 e. The first-order valence-corrected chi connectivity index (χ1v) is 9.97. The number of nitrogens with zero attached hydrogens (tertiary/aromatic N) is 3. The molecular formula is C22H28FN3O4. The summed E-state index contributed by atoms with van der Waals surface area (Å²) in [6.07, 6.45) is 0. The first-order chi connectivity index (χ1) is 14.3. The summed E-state index contributed by atoms with van der Waals surface area (Å²) in [5.74, 6) is 0.466. The maximum atomic E-state index is 13.1. The Balaban J connectivity index is 1.55. The molecule has 1 aliphatic heterocycles. The van der Waals surface area contributed by atoms with Crippen LogP contribution in [-0.4, -0.2) is 68.1 Å². The minimum absolute atomic E-state index is 0.0488. The molecule has 2 aromatic rings. The van der Waals surface area contributed by atoms with E-state index in [1.807, 2.05) is 23.8 Å². The molecule has 0 aliphatic carbocycles. The highest BCUT2D eigenvalue weighted by molar-refractivity contribution is 5.90. The predicted molar refractivity (Wildman–Crippen MR) is 111 cm³/mol. The van der Waals surface area contributed by atoms with E-state index in [-0.39, 0.29) is 17.8 Å². The Morgan fingerprint density at radius 2 is 1.83 bits per heavy atom. The van der Waals surface area contributed by atoms with Gasteiger partial charge in [-0.05, 0) is 51.2 Å². The number of carbonyl (C=O) groups is 2. The standard InChI is InChI=1S/C22H28FN3O4/c1-15(24(3)14-19-13-20(16(2)30-19)22(28)29-4)21(27)26-11-9-25(10-12-26)18-7-5-17(23)6-8-18/h5-8,13,15H,9-12,14H2,1-4H3. The molecule has 1 fully saturated rings. The summed E-state index contributed by atoms with van der Waals surface area (Å²) in [6.45, 7) is 6.61. The summed E-state index contributed by atoms with van der Waals surface area (Å²) < 4.78 is 23.5. The van der Waals surface area contributed by atoms with Gasteiger partial charge in [-0.1, -0.05) is 0 Å². The average Bonchev–Trinajstić information content (AvgIpc) is 3.12. The van der Waals surface area contributed by atoms with Crippen LogP contribution in [0.1, 0.15) is 28.8 Å². The average molecular weight is 417 g/mol. The molecule has 3 rings (SSSR count). The molecule has 0 spiro atoms. The summed E-state index contributed by atoms with van der Waals surface area (Å²) in [7, 11) is 3.18. The van der Waals surface area contributed by atoms with Crippen LogP contribution >= 0.6 is 0 Å². The molecule has 0 N–H and O–H groups in total. The van der Waals surface area contributed by atoms with E-state index in [4.69, 9.17) is 9.15 Å². The molecule has 1 saturated heterocycles. The lowest BCUT2D eigenvalue weighted by Crippen LogP contribution is -2.53. The van der Waals surface area contributed by atoms with E-state index in [1.54, 1.807) is 25.1 Å². The van der Waals surface area contributed by atoms with E-state index in [9.17, 15) is 14.0 Å². The van der Waals surface area contributed by atoms with Gasteiger partial charge in [0.05, 0.1) is 19.7 Å². The van der Waals surface area contributed by atoms with E-state index >= 15 is 0 Å². The lowest BCUT2D eigenvalue weighted by atomic mass is 10.2. The van der Waals surface area contributed by atoms with Crippen molar-refractivity contribution in [2.24, 2.45) is 0 Å². The molecule has 7 nitrogen and oxygen atoms in total. The van der Waals surface area contributed by atoms with E-state index in [1.165, 1.54) is 19.2 Å². The normalized spacial score (nSPS) is 15.4. The number of hydrogen-bond acceptors (Lipinski definition) is 6. The van der Waals surface area contributed by atoms with Crippen molar-refractivity contribution < 1.29 is 23.1 Å². The number of rotatable bonds is 6. The number of ether oxygens (including phenoxy) is 1. The number of halogens is 1. The van der Waals surface area contributed by atoms with Gasteiger partial charge in [0.15, 0.2) is 0 Å². The fourth-order valence-electron chi connectivity index (χ4n) is 3.61. The van der Waals surface area contributed by atoms with Crippen molar-refractivity contribution in [2.45, 2.75) is 26.4 Å². The molecule has 30 heavy (non-hydrogen) atoms. The summed E-state index contributed by atoms with van der Waals surface area (Å²) in [5, 5.41) is 0. The monoisotopic (exact) mass is 417 g/mol. The highest BCUT2D eigenvalue weighted by atomic mass is 19.1. The number of carbonyl (C=O) groups excluding carboxylic acids is 2. The quantitative estimate of drug-likeness (QED) is 0.674. The maximum Gasteiger partial charge on any atom is 0.341 e. The number of methoxy groups -OCH3 is 1. The van der Waals surface area contributed by atoms with Crippen molar-refractivity contribution in [1.82, 2.24) is 9.80 Å². The van der Waals surface area contributed by atoms with Crippen molar-refractivity contribution in [3.05, 3.63) is 53.2 Å². The van der Waals surface area contributed by atoms with E-state index in [2.05, 4.69) is 4.90 Å². The topological polar surface area (TPSA) is 66.2 Å². The summed E-state index contributed by atoms with van der Waals surface area (Å²) in [5.41, 5.74) is 1.36. The molecule has 1 amide bonds. The lowest BCUT2D eigenvalue weighted by molar-refractivity contribution is -0.136. The number of aryl methyl sites for hydroxylation is 1. The number of esters is 1. The van der Waals surface area contributed by atoms with Crippen LogP contribution in [0.25, 0.3) is 0 Å². The van der Waals surface area contributed by atoms with Gasteiger partial charge < -0.3 is 19.0 Å².